The maximum absolute atomic E-state index is 12.3. The van der Waals surface area contributed by atoms with Crippen LogP contribution in [0.2, 0.25) is 0 Å². The number of thiazole rings is 1. The van der Waals surface area contributed by atoms with Crippen LogP contribution in [-0.4, -0.2) is 31.7 Å². The molecule has 2 aromatic carbocycles. The third kappa shape index (κ3) is 5.62. The number of carbonyl (C=O) groups excluding carboxylic acids is 1. The van der Waals surface area contributed by atoms with Gasteiger partial charge >= 0.3 is 0 Å². The van der Waals surface area contributed by atoms with Gasteiger partial charge in [0.1, 0.15) is 11.8 Å². The third-order valence-electron chi connectivity index (χ3n) is 4.30. The molecule has 0 radical (unpaired) electrons. The quantitative estimate of drug-likeness (QED) is 0.516. The van der Waals surface area contributed by atoms with Crippen LogP contribution < -0.4 is 19.5 Å². The molecule has 7 nitrogen and oxygen atoms in total. The third-order valence-corrected chi connectivity index (χ3v) is 5.18. The summed E-state index contributed by atoms with van der Waals surface area (Å²) < 4.78 is 15.8. The van der Waals surface area contributed by atoms with E-state index in [9.17, 15) is 4.79 Å². The van der Waals surface area contributed by atoms with Crippen LogP contribution >= 0.6 is 11.3 Å². The lowest BCUT2D eigenvalue weighted by Gasteiger charge is -2.08. The number of methoxy groups -OCH3 is 2. The van der Waals surface area contributed by atoms with Gasteiger partial charge in [-0.2, -0.15) is 5.26 Å². The minimum absolute atomic E-state index is 0.0697. The second kappa shape index (κ2) is 10.3. The average molecular weight is 436 g/mol. The van der Waals surface area contributed by atoms with E-state index in [1.165, 1.54) is 24.5 Å². The van der Waals surface area contributed by atoms with Crippen LogP contribution in [0.25, 0.3) is 17.3 Å². The van der Waals surface area contributed by atoms with Gasteiger partial charge in [0, 0.05) is 16.5 Å². The Labute approximate surface area is 184 Å². The van der Waals surface area contributed by atoms with E-state index in [1.54, 1.807) is 31.4 Å². The van der Waals surface area contributed by atoms with Gasteiger partial charge in [-0.1, -0.05) is 6.07 Å². The SMILES string of the molecule is COc1ccc(-c2nc(NC(=O)/C=C/c3ccc(OCC#N)c(OC)c3)sc2C)cc1. The van der Waals surface area contributed by atoms with Gasteiger partial charge in [0.05, 0.1) is 19.9 Å². The number of rotatable bonds is 8. The fourth-order valence-electron chi connectivity index (χ4n) is 2.80. The van der Waals surface area contributed by atoms with Gasteiger partial charge in [-0.25, -0.2) is 4.98 Å². The van der Waals surface area contributed by atoms with Crippen molar-refractivity contribution in [1.82, 2.24) is 4.98 Å². The molecule has 0 bridgehead atoms. The summed E-state index contributed by atoms with van der Waals surface area (Å²) in [5.74, 6) is 1.43. The van der Waals surface area contributed by atoms with Crippen molar-refractivity contribution in [1.29, 1.82) is 5.26 Å². The molecular weight excluding hydrogens is 414 g/mol. The van der Waals surface area contributed by atoms with E-state index in [2.05, 4.69) is 10.3 Å². The van der Waals surface area contributed by atoms with Crippen LogP contribution in [0, 0.1) is 18.3 Å². The fourth-order valence-corrected chi connectivity index (χ4v) is 3.64. The largest absolute Gasteiger partial charge is 0.497 e. The maximum atomic E-state index is 12.3. The van der Waals surface area contributed by atoms with Crippen LogP contribution in [-0.2, 0) is 4.79 Å². The summed E-state index contributed by atoms with van der Waals surface area (Å²) in [5, 5.41) is 12.0. The van der Waals surface area contributed by atoms with Gasteiger partial charge in [-0.15, -0.1) is 11.3 Å². The summed E-state index contributed by atoms with van der Waals surface area (Å²) in [7, 11) is 3.14. The van der Waals surface area contributed by atoms with Gasteiger partial charge in [0.15, 0.2) is 23.2 Å². The number of anilines is 1. The van der Waals surface area contributed by atoms with Crippen LogP contribution in [0.1, 0.15) is 10.4 Å². The Hall–Kier alpha value is -3.83. The number of nitriles is 1. The molecule has 0 aliphatic rings. The molecule has 1 aromatic heterocycles. The van der Waals surface area contributed by atoms with Crippen molar-refractivity contribution in [2.24, 2.45) is 0 Å². The Bertz CT molecular complexity index is 1130. The van der Waals surface area contributed by atoms with Gasteiger partial charge in [0.25, 0.3) is 0 Å². The molecule has 3 rings (SSSR count). The molecule has 1 N–H and O–H groups in total. The van der Waals surface area contributed by atoms with Crippen molar-refractivity contribution in [3.05, 3.63) is 59.0 Å². The highest BCUT2D eigenvalue weighted by atomic mass is 32.1. The first-order valence-electron chi connectivity index (χ1n) is 9.32. The minimum Gasteiger partial charge on any atom is -0.497 e. The first-order chi connectivity index (χ1) is 15.0. The van der Waals surface area contributed by atoms with Gasteiger partial charge in [-0.3, -0.25) is 10.1 Å². The molecule has 1 amide bonds. The molecule has 1 heterocycles. The van der Waals surface area contributed by atoms with E-state index in [1.807, 2.05) is 37.3 Å². The zero-order chi connectivity index (χ0) is 22.2. The standard InChI is InChI=1S/C23H21N3O4S/c1-15-22(17-6-8-18(28-2)9-7-17)26-23(31-15)25-21(27)11-5-16-4-10-19(30-13-12-24)20(14-16)29-3/h4-11,14H,13H2,1-3H3,(H,25,26,27)/b11-5+. The molecule has 0 aliphatic carbocycles. The van der Waals surface area contributed by atoms with Crippen LogP contribution in [0.5, 0.6) is 17.2 Å². The van der Waals surface area contributed by atoms with Crippen molar-refractivity contribution in [2.75, 3.05) is 26.1 Å². The summed E-state index contributed by atoms with van der Waals surface area (Å²) in [6.07, 6.45) is 3.09. The number of benzene rings is 2. The number of hydrogen-bond acceptors (Lipinski definition) is 7. The maximum Gasteiger partial charge on any atom is 0.250 e. The summed E-state index contributed by atoms with van der Waals surface area (Å²) in [4.78, 5) is 17.9. The Kier molecular flexibility index (Phi) is 7.25. The Morgan fingerprint density at radius 3 is 2.61 bits per heavy atom. The second-order valence-corrected chi connectivity index (χ2v) is 7.54. The number of hydrogen-bond donors (Lipinski definition) is 1. The molecule has 158 valence electrons. The molecule has 0 saturated heterocycles. The first-order valence-corrected chi connectivity index (χ1v) is 10.1. The highest BCUT2D eigenvalue weighted by Crippen LogP contribution is 2.31. The van der Waals surface area contributed by atoms with Crippen molar-refractivity contribution in [2.45, 2.75) is 6.92 Å². The molecule has 0 saturated carbocycles. The molecule has 0 spiro atoms. The molecule has 0 unspecified atom stereocenters. The number of nitrogens with zero attached hydrogens (tertiary/aromatic N) is 2. The predicted molar refractivity (Wildman–Crippen MR) is 121 cm³/mol. The topological polar surface area (TPSA) is 93.5 Å². The number of carbonyl (C=O) groups is 1. The molecule has 0 atom stereocenters. The van der Waals surface area contributed by atoms with Crippen molar-refractivity contribution < 1.29 is 19.0 Å². The number of amides is 1. The van der Waals surface area contributed by atoms with Gasteiger partial charge in [-0.05, 0) is 55.0 Å². The number of ether oxygens (including phenoxy) is 3. The summed E-state index contributed by atoms with van der Waals surface area (Å²) in [6, 6.07) is 14.7. The molecule has 0 aliphatic heterocycles. The molecule has 8 heteroatoms. The Morgan fingerprint density at radius 2 is 1.94 bits per heavy atom. The van der Waals surface area contributed by atoms with Crippen molar-refractivity contribution in [3.63, 3.8) is 0 Å². The van der Waals surface area contributed by atoms with E-state index in [0.29, 0.717) is 16.6 Å². The summed E-state index contributed by atoms with van der Waals surface area (Å²) >= 11 is 1.41. The average Bonchev–Trinajstić information content (AvgIpc) is 3.16. The van der Waals surface area contributed by atoms with E-state index >= 15 is 0 Å². The lowest BCUT2D eigenvalue weighted by Crippen LogP contribution is -2.07. The Balaban J connectivity index is 1.68. The summed E-state index contributed by atoms with van der Waals surface area (Å²) in [6.45, 7) is 1.89. The van der Waals surface area contributed by atoms with Gasteiger partial charge in [0.2, 0.25) is 5.91 Å². The van der Waals surface area contributed by atoms with Crippen molar-refractivity contribution in [3.8, 4) is 34.6 Å². The highest BCUT2D eigenvalue weighted by Gasteiger charge is 2.11. The monoisotopic (exact) mass is 435 g/mol. The Morgan fingerprint density at radius 1 is 1.16 bits per heavy atom. The molecular formula is C23H21N3O4S. The fraction of sp³-hybridized carbons (Fsp3) is 0.174. The number of aryl methyl sites for hydroxylation is 1. The lowest BCUT2D eigenvalue weighted by atomic mass is 10.1. The predicted octanol–water partition coefficient (Wildman–Crippen LogP) is 4.69. The zero-order valence-corrected chi connectivity index (χ0v) is 18.2. The van der Waals surface area contributed by atoms with Crippen molar-refractivity contribution >= 4 is 28.5 Å². The molecule has 0 fully saturated rings. The van der Waals surface area contributed by atoms with Gasteiger partial charge < -0.3 is 14.2 Å². The molecule has 31 heavy (non-hydrogen) atoms. The number of aromatic nitrogens is 1. The normalized spacial score (nSPS) is 10.5. The van der Waals surface area contributed by atoms with Crippen LogP contribution in [0.4, 0.5) is 5.13 Å². The second-order valence-electron chi connectivity index (χ2n) is 6.33. The van der Waals surface area contributed by atoms with E-state index in [0.717, 1.165) is 27.4 Å². The van der Waals surface area contributed by atoms with E-state index in [-0.39, 0.29) is 12.5 Å². The summed E-state index contributed by atoms with van der Waals surface area (Å²) in [5.41, 5.74) is 2.53. The first kappa shape index (κ1) is 21.9. The smallest absolute Gasteiger partial charge is 0.250 e. The lowest BCUT2D eigenvalue weighted by molar-refractivity contribution is -0.111. The minimum atomic E-state index is -0.293. The van der Waals surface area contributed by atoms with E-state index < -0.39 is 0 Å². The van der Waals surface area contributed by atoms with E-state index in [4.69, 9.17) is 19.5 Å². The number of nitrogens with one attached hydrogen (secondary N) is 1. The van der Waals surface area contributed by atoms with Crippen LogP contribution in [0.15, 0.2) is 48.5 Å². The zero-order valence-electron chi connectivity index (χ0n) is 17.3. The molecule has 3 aromatic rings. The van der Waals surface area contributed by atoms with Crippen LogP contribution in [0.3, 0.4) is 0 Å². The highest BCUT2D eigenvalue weighted by molar-refractivity contribution is 7.16.